The molecule has 0 radical (unpaired) electrons. The van der Waals surface area contributed by atoms with Crippen molar-refractivity contribution in [2.45, 2.75) is 32.9 Å². The zero-order valence-electron chi connectivity index (χ0n) is 6.97. The molecule has 0 bridgehead atoms. The Morgan fingerprint density at radius 2 is 2.10 bits per heavy atom. The van der Waals surface area contributed by atoms with E-state index in [1.807, 2.05) is 0 Å². The lowest BCUT2D eigenvalue weighted by atomic mass is 10.3. The Balaban J connectivity index is 2.29. The highest BCUT2D eigenvalue weighted by molar-refractivity contribution is 4.65. The van der Waals surface area contributed by atoms with Gasteiger partial charge in [0.25, 0.3) is 0 Å². The van der Waals surface area contributed by atoms with Crippen molar-refractivity contribution in [3.05, 3.63) is 0 Å². The van der Waals surface area contributed by atoms with Crippen molar-refractivity contribution in [3.8, 4) is 0 Å². The van der Waals surface area contributed by atoms with E-state index in [1.165, 1.54) is 12.8 Å². The van der Waals surface area contributed by atoms with Gasteiger partial charge in [0.1, 0.15) is 6.23 Å². The van der Waals surface area contributed by atoms with Crippen molar-refractivity contribution in [1.29, 1.82) is 0 Å². The fourth-order valence-electron chi connectivity index (χ4n) is 1.48. The van der Waals surface area contributed by atoms with Crippen molar-refractivity contribution in [3.63, 3.8) is 0 Å². The van der Waals surface area contributed by atoms with Crippen LogP contribution in [0.1, 0.15) is 26.7 Å². The third-order valence-corrected chi connectivity index (χ3v) is 2.13. The van der Waals surface area contributed by atoms with Gasteiger partial charge in [-0.3, -0.25) is 4.90 Å². The molecule has 60 valence electrons. The van der Waals surface area contributed by atoms with E-state index in [4.69, 9.17) is 4.74 Å². The van der Waals surface area contributed by atoms with Crippen LogP contribution >= 0.6 is 0 Å². The molecule has 0 aromatic rings. The molecule has 2 heteroatoms. The van der Waals surface area contributed by atoms with Gasteiger partial charge in [-0.1, -0.05) is 13.8 Å². The Labute approximate surface area is 63.2 Å². The van der Waals surface area contributed by atoms with Crippen LogP contribution in [0.5, 0.6) is 0 Å². The first kappa shape index (κ1) is 8.02. The summed E-state index contributed by atoms with van der Waals surface area (Å²) in [5.41, 5.74) is 0. The van der Waals surface area contributed by atoms with Crippen molar-refractivity contribution in [2.24, 2.45) is 0 Å². The summed E-state index contributed by atoms with van der Waals surface area (Å²) in [6.45, 7) is 7.56. The maximum absolute atomic E-state index is 5.52. The molecule has 0 amide bonds. The molecule has 1 rings (SSSR count). The average molecular weight is 143 g/mol. The molecule has 1 fully saturated rings. The van der Waals surface area contributed by atoms with Crippen molar-refractivity contribution in [1.82, 2.24) is 4.90 Å². The Bertz CT molecular complexity index is 85.3. The molecule has 1 aliphatic rings. The number of hydrogen-bond acceptors (Lipinski definition) is 2. The van der Waals surface area contributed by atoms with Crippen LogP contribution in [-0.4, -0.2) is 30.8 Å². The SMILES string of the molecule is CCN(CC)C1CCCO1. The smallest absolute Gasteiger partial charge is 0.110 e. The molecule has 0 aromatic carbocycles. The lowest BCUT2D eigenvalue weighted by Crippen LogP contribution is -2.34. The fourth-order valence-corrected chi connectivity index (χ4v) is 1.48. The maximum atomic E-state index is 5.52. The third-order valence-electron chi connectivity index (χ3n) is 2.13. The molecule has 0 spiro atoms. The largest absolute Gasteiger partial charge is 0.363 e. The zero-order chi connectivity index (χ0) is 7.40. The van der Waals surface area contributed by atoms with E-state index in [2.05, 4.69) is 18.7 Å². The van der Waals surface area contributed by atoms with Gasteiger partial charge in [-0.15, -0.1) is 0 Å². The van der Waals surface area contributed by atoms with Gasteiger partial charge in [-0.25, -0.2) is 0 Å². The Kier molecular flexibility index (Phi) is 3.16. The van der Waals surface area contributed by atoms with Crippen LogP contribution in [0.3, 0.4) is 0 Å². The van der Waals surface area contributed by atoms with Gasteiger partial charge in [-0.05, 0) is 25.9 Å². The maximum Gasteiger partial charge on any atom is 0.110 e. The molecule has 1 atom stereocenters. The van der Waals surface area contributed by atoms with E-state index in [-0.39, 0.29) is 0 Å². The zero-order valence-corrected chi connectivity index (χ0v) is 6.97. The Hall–Kier alpha value is -0.0800. The molecule has 0 aromatic heterocycles. The van der Waals surface area contributed by atoms with E-state index < -0.39 is 0 Å². The fraction of sp³-hybridized carbons (Fsp3) is 1.00. The first-order valence-electron chi connectivity index (χ1n) is 4.24. The first-order chi connectivity index (χ1) is 4.88. The van der Waals surface area contributed by atoms with Crippen LogP contribution in [-0.2, 0) is 4.74 Å². The van der Waals surface area contributed by atoms with Crippen molar-refractivity contribution >= 4 is 0 Å². The highest BCUT2D eigenvalue weighted by Crippen LogP contribution is 2.15. The molecule has 0 saturated carbocycles. The highest BCUT2D eigenvalue weighted by atomic mass is 16.5. The van der Waals surface area contributed by atoms with Crippen LogP contribution in [0, 0.1) is 0 Å². The predicted octanol–water partition coefficient (Wildman–Crippen LogP) is 1.46. The summed E-state index contributed by atoms with van der Waals surface area (Å²) in [6.07, 6.45) is 2.89. The van der Waals surface area contributed by atoms with E-state index in [0.29, 0.717) is 6.23 Å². The standard InChI is InChI=1S/C8H17NO/c1-3-9(4-2)8-6-5-7-10-8/h8H,3-7H2,1-2H3. The van der Waals surface area contributed by atoms with Crippen LogP contribution in [0.2, 0.25) is 0 Å². The molecule has 1 heterocycles. The van der Waals surface area contributed by atoms with Crippen LogP contribution in [0.4, 0.5) is 0 Å². The summed E-state index contributed by atoms with van der Waals surface area (Å²) in [5, 5.41) is 0. The molecule has 2 nitrogen and oxygen atoms in total. The van der Waals surface area contributed by atoms with Crippen molar-refractivity contribution < 1.29 is 4.74 Å². The predicted molar refractivity (Wildman–Crippen MR) is 41.9 cm³/mol. The molecule has 1 aliphatic heterocycles. The summed E-state index contributed by atoms with van der Waals surface area (Å²) >= 11 is 0. The number of ether oxygens (including phenoxy) is 1. The summed E-state index contributed by atoms with van der Waals surface area (Å²) in [5.74, 6) is 0. The van der Waals surface area contributed by atoms with E-state index in [9.17, 15) is 0 Å². The van der Waals surface area contributed by atoms with E-state index in [0.717, 1.165) is 19.7 Å². The average Bonchev–Trinajstić information content (AvgIpc) is 2.43. The first-order valence-corrected chi connectivity index (χ1v) is 4.24. The van der Waals surface area contributed by atoms with E-state index >= 15 is 0 Å². The minimum absolute atomic E-state index is 0.426. The van der Waals surface area contributed by atoms with Crippen molar-refractivity contribution in [2.75, 3.05) is 19.7 Å². The molecular formula is C8H17NO. The number of rotatable bonds is 3. The lowest BCUT2D eigenvalue weighted by molar-refractivity contribution is -0.0140. The minimum Gasteiger partial charge on any atom is -0.363 e. The van der Waals surface area contributed by atoms with Gasteiger partial charge >= 0.3 is 0 Å². The van der Waals surface area contributed by atoms with Gasteiger partial charge in [0.15, 0.2) is 0 Å². The molecule has 0 N–H and O–H groups in total. The summed E-state index contributed by atoms with van der Waals surface area (Å²) in [6, 6.07) is 0. The van der Waals surface area contributed by atoms with Gasteiger partial charge in [0.05, 0.1) is 0 Å². The topological polar surface area (TPSA) is 12.5 Å². The summed E-state index contributed by atoms with van der Waals surface area (Å²) in [7, 11) is 0. The van der Waals surface area contributed by atoms with Crippen LogP contribution in [0.25, 0.3) is 0 Å². The second-order valence-corrected chi connectivity index (χ2v) is 2.69. The molecular weight excluding hydrogens is 126 g/mol. The number of hydrogen-bond donors (Lipinski definition) is 0. The highest BCUT2D eigenvalue weighted by Gasteiger charge is 2.19. The van der Waals surface area contributed by atoms with Gasteiger partial charge in [-0.2, -0.15) is 0 Å². The lowest BCUT2D eigenvalue weighted by Gasteiger charge is -2.24. The van der Waals surface area contributed by atoms with Gasteiger partial charge < -0.3 is 4.74 Å². The van der Waals surface area contributed by atoms with Crippen LogP contribution in [0.15, 0.2) is 0 Å². The van der Waals surface area contributed by atoms with Crippen LogP contribution < -0.4 is 0 Å². The molecule has 1 saturated heterocycles. The second-order valence-electron chi connectivity index (χ2n) is 2.69. The summed E-state index contributed by atoms with van der Waals surface area (Å²) in [4.78, 5) is 2.37. The third kappa shape index (κ3) is 1.70. The minimum atomic E-state index is 0.426. The molecule has 10 heavy (non-hydrogen) atoms. The monoisotopic (exact) mass is 143 g/mol. The quantitative estimate of drug-likeness (QED) is 0.593. The van der Waals surface area contributed by atoms with Gasteiger partial charge in [0.2, 0.25) is 0 Å². The second kappa shape index (κ2) is 3.94. The summed E-state index contributed by atoms with van der Waals surface area (Å²) < 4.78 is 5.52. The molecule has 1 unspecified atom stereocenters. The normalized spacial score (nSPS) is 26.1. The Morgan fingerprint density at radius 3 is 2.50 bits per heavy atom. The van der Waals surface area contributed by atoms with E-state index in [1.54, 1.807) is 0 Å². The Morgan fingerprint density at radius 1 is 1.40 bits per heavy atom. The molecule has 0 aliphatic carbocycles. The number of nitrogens with zero attached hydrogens (tertiary/aromatic N) is 1. The van der Waals surface area contributed by atoms with Gasteiger partial charge in [0, 0.05) is 6.61 Å².